The number of benzene rings is 2. The maximum atomic E-state index is 6.08. The van der Waals surface area contributed by atoms with Gasteiger partial charge in [-0.2, -0.15) is 18.6 Å². The Bertz CT molecular complexity index is 1180. The minimum Gasteiger partial charge on any atom is -0.489 e. The minimum atomic E-state index is 0. The summed E-state index contributed by atoms with van der Waals surface area (Å²) in [5, 5.41) is 15.5. The molecule has 5 rings (SSSR count). The van der Waals surface area contributed by atoms with Crippen molar-refractivity contribution in [1.29, 1.82) is 0 Å². The molecular weight excluding hydrogens is 422 g/mol. The molecule has 0 bridgehead atoms. The molecular formula is C25H25N3OS2. The Morgan fingerprint density at radius 1 is 1.16 bits per heavy atom. The van der Waals surface area contributed by atoms with Crippen LogP contribution in [0.15, 0.2) is 63.3 Å². The molecule has 2 aliphatic rings. The highest BCUT2D eigenvalue weighted by Crippen LogP contribution is 2.45. The highest BCUT2D eigenvalue weighted by Gasteiger charge is 2.26. The molecule has 0 N–H and O–H groups in total. The van der Waals surface area contributed by atoms with Crippen LogP contribution >= 0.6 is 24.8 Å². The predicted octanol–water partition coefficient (Wildman–Crippen LogP) is 6.79. The van der Waals surface area contributed by atoms with Crippen LogP contribution in [0.4, 0.5) is 0 Å². The fourth-order valence-electron chi connectivity index (χ4n) is 3.87. The number of nitrogens with zero attached hydrogens (tertiary/aromatic N) is 3. The van der Waals surface area contributed by atoms with Crippen molar-refractivity contribution in [3.63, 3.8) is 0 Å². The van der Waals surface area contributed by atoms with Crippen molar-refractivity contribution >= 4 is 40.6 Å². The van der Waals surface area contributed by atoms with E-state index in [1.54, 1.807) is 0 Å². The summed E-state index contributed by atoms with van der Waals surface area (Å²) in [4.78, 5) is 0. The monoisotopic (exact) mass is 447 g/mol. The van der Waals surface area contributed by atoms with Crippen molar-refractivity contribution < 1.29 is 4.74 Å². The van der Waals surface area contributed by atoms with Crippen LogP contribution in [-0.2, 0) is 6.61 Å². The zero-order valence-electron chi connectivity index (χ0n) is 17.5. The van der Waals surface area contributed by atoms with Crippen LogP contribution in [0.5, 0.6) is 5.75 Å². The molecule has 0 saturated heterocycles. The van der Waals surface area contributed by atoms with Gasteiger partial charge in [-0.05, 0) is 82.6 Å². The number of ether oxygens (including phenoxy) is 1. The summed E-state index contributed by atoms with van der Waals surface area (Å²) in [6.07, 6.45) is 3.43. The number of rotatable bonds is 7. The summed E-state index contributed by atoms with van der Waals surface area (Å²) >= 11 is 1.85. The first-order valence-corrected chi connectivity index (χ1v) is 11.3. The minimum absolute atomic E-state index is 0. The van der Waals surface area contributed by atoms with Crippen LogP contribution in [0.2, 0.25) is 0 Å². The van der Waals surface area contributed by atoms with E-state index in [0.717, 1.165) is 23.8 Å². The Morgan fingerprint density at radius 3 is 2.71 bits per heavy atom. The first-order valence-electron chi connectivity index (χ1n) is 10.4. The third kappa shape index (κ3) is 5.00. The quantitative estimate of drug-likeness (QED) is 0.368. The van der Waals surface area contributed by atoms with E-state index >= 15 is 0 Å². The van der Waals surface area contributed by atoms with Crippen LogP contribution in [0.1, 0.15) is 54.7 Å². The molecule has 0 amide bonds. The molecule has 4 nitrogen and oxygen atoms in total. The average molecular weight is 448 g/mol. The average Bonchev–Trinajstić information content (AvgIpc) is 3.32. The number of thiophene rings is 1. The molecule has 1 atom stereocenters. The first-order chi connectivity index (χ1) is 14.8. The Morgan fingerprint density at radius 2 is 2.00 bits per heavy atom. The summed E-state index contributed by atoms with van der Waals surface area (Å²) in [6, 6.07) is 15.0. The Balaban J connectivity index is 0.00000231. The Kier molecular flexibility index (Phi) is 6.74. The lowest BCUT2D eigenvalue weighted by molar-refractivity contribution is 0.306. The molecule has 1 aromatic heterocycles. The lowest BCUT2D eigenvalue weighted by Crippen LogP contribution is -2.07. The van der Waals surface area contributed by atoms with E-state index in [2.05, 4.69) is 63.0 Å². The molecule has 1 aliphatic heterocycles. The summed E-state index contributed by atoms with van der Waals surface area (Å²) in [5.41, 5.74) is 4.89. The van der Waals surface area contributed by atoms with Gasteiger partial charge in [0.1, 0.15) is 18.9 Å². The van der Waals surface area contributed by atoms with Gasteiger partial charge in [-0.25, -0.2) is 0 Å². The molecule has 6 heteroatoms. The van der Waals surface area contributed by atoms with Crippen LogP contribution in [0.3, 0.4) is 0 Å². The smallest absolute Gasteiger partial charge is 0.119 e. The van der Waals surface area contributed by atoms with Crippen molar-refractivity contribution in [3.8, 4) is 17.6 Å². The second-order valence-corrected chi connectivity index (χ2v) is 8.77. The van der Waals surface area contributed by atoms with Crippen LogP contribution in [0, 0.1) is 11.8 Å². The third-order valence-corrected chi connectivity index (χ3v) is 6.62. The fourth-order valence-corrected chi connectivity index (χ4v) is 4.89. The molecule has 0 radical (unpaired) electrons. The van der Waals surface area contributed by atoms with E-state index in [1.807, 2.05) is 30.4 Å². The zero-order valence-corrected chi connectivity index (χ0v) is 19.3. The van der Waals surface area contributed by atoms with E-state index in [9.17, 15) is 0 Å². The van der Waals surface area contributed by atoms with Gasteiger partial charge < -0.3 is 4.74 Å². The van der Waals surface area contributed by atoms with Gasteiger partial charge in [0.15, 0.2) is 0 Å². The van der Waals surface area contributed by atoms with E-state index < -0.39 is 0 Å². The molecule has 1 saturated carbocycles. The molecule has 1 aliphatic carbocycles. The lowest BCUT2D eigenvalue weighted by atomic mass is 9.94. The van der Waals surface area contributed by atoms with Gasteiger partial charge in [0.25, 0.3) is 0 Å². The van der Waals surface area contributed by atoms with E-state index in [0.29, 0.717) is 13.2 Å². The van der Waals surface area contributed by atoms with Crippen molar-refractivity contribution in [1.82, 2.24) is 0 Å². The second kappa shape index (κ2) is 9.67. The predicted molar refractivity (Wildman–Crippen MR) is 133 cm³/mol. The molecule has 0 spiro atoms. The van der Waals surface area contributed by atoms with Gasteiger partial charge in [-0.15, -0.1) is 22.4 Å². The molecule has 1 fully saturated rings. The normalized spacial score (nSPS) is 15.7. The maximum Gasteiger partial charge on any atom is 0.119 e. The standard InChI is InChI=1S/C25H23N3OS.H2S/c1-2-3-20(13-21-14-26-28-27-21)18-7-9-22(10-8-18)29-15-17-4-11-25-23(12-17)24(16-30-25)19-5-6-19;/h4,7-12,16,19-20H,5-6,13-15H2,1H3;1H2/t20-;/m0./s1. The van der Waals surface area contributed by atoms with Gasteiger partial charge in [-0.1, -0.05) is 24.1 Å². The molecule has 158 valence electrons. The third-order valence-electron chi connectivity index (χ3n) is 5.63. The van der Waals surface area contributed by atoms with Gasteiger partial charge in [-0.3, -0.25) is 0 Å². The lowest BCUT2D eigenvalue weighted by Gasteiger charge is -2.12. The Hall–Kier alpha value is -2.62. The number of hydrogen-bond donors (Lipinski definition) is 0. The topological polar surface area (TPSA) is 46.3 Å². The zero-order chi connectivity index (χ0) is 20.3. The second-order valence-electron chi connectivity index (χ2n) is 7.86. The molecule has 2 heterocycles. The summed E-state index contributed by atoms with van der Waals surface area (Å²) < 4.78 is 7.45. The number of fused-ring (bicyclic) bond motifs is 1. The molecule has 31 heavy (non-hydrogen) atoms. The fraction of sp³-hybridized carbons (Fsp3) is 0.320. The van der Waals surface area contributed by atoms with Crippen LogP contribution in [0.25, 0.3) is 10.1 Å². The first kappa shape index (κ1) is 21.6. The molecule has 3 aromatic rings. The van der Waals surface area contributed by atoms with Gasteiger partial charge in [0.2, 0.25) is 0 Å². The van der Waals surface area contributed by atoms with Crippen molar-refractivity contribution in [2.24, 2.45) is 15.4 Å². The van der Waals surface area contributed by atoms with Crippen molar-refractivity contribution in [2.45, 2.75) is 44.6 Å². The summed E-state index contributed by atoms with van der Waals surface area (Å²) in [7, 11) is 0. The van der Waals surface area contributed by atoms with Crippen molar-refractivity contribution in [3.05, 3.63) is 64.5 Å². The molecule has 2 aromatic carbocycles. The van der Waals surface area contributed by atoms with E-state index in [-0.39, 0.29) is 19.4 Å². The Labute approximate surface area is 193 Å². The van der Waals surface area contributed by atoms with Crippen LogP contribution in [-0.4, -0.2) is 12.3 Å². The summed E-state index contributed by atoms with van der Waals surface area (Å²) in [6.45, 7) is 3.03. The maximum absolute atomic E-state index is 6.08. The van der Waals surface area contributed by atoms with Gasteiger partial charge in [0.05, 0.1) is 11.6 Å². The number of hydrogen-bond acceptors (Lipinski definition) is 5. The van der Waals surface area contributed by atoms with Gasteiger partial charge in [0, 0.05) is 11.1 Å². The van der Waals surface area contributed by atoms with E-state index in [1.165, 1.54) is 39.6 Å². The SMILES string of the molecule is CC#C[C@@H](CC1=NN=NC1)c1ccc(OCc2ccc3scc(C4CC4)c3c2)cc1.S. The largest absolute Gasteiger partial charge is 0.489 e. The molecule has 0 unspecified atom stereocenters. The highest BCUT2D eigenvalue weighted by molar-refractivity contribution is 7.59. The van der Waals surface area contributed by atoms with Crippen LogP contribution < -0.4 is 4.74 Å². The van der Waals surface area contributed by atoms with Crippen molar-refractivity contribution in [2.75, 3.05) is 6.54 Å². The summed E-state index contributed by atoms with van der Waals surface area (Å²) in [5.74, 6) is 8.07. The van der Waals surface area contributed by atoms with Gasteiger partial charge >= 0.3 is 0 Å². The highest BCUT2D eigenvalue weighted by atomic mass is 32.1. The van der Waals surface area contributed by atoms with E-state index in [4.69, 9.17) is 4.74 Å².